The van der Waals surface area contributed by atoms with Gasteiger partial charge in [0, 0.05) is 5.56 Å². The monoisotopic (exact) mass is 343 g/mol. The number of esters is 1. The zero-order chi connectivity index (χ0) is 18.0. The highest BCUT2D eigenvalue weighted by Crippen LogP contribution is 2.32. The molecule has 1 aliphatic heterocycles. The van der Waals surface area contributed by atoms with Gasteiger partial charge in [-0.15, -0.1) is 0 Å². The van der Waals surface area contributed by atoms with Crippen LogP contribution in [0.25, 0.3) is 0 Å². The van der Waals surface area contributed by atoms with Gasteiger partial charge in [0.2, 0.25) is 0 Å². The lowest BCUT2D eigenvalue weighted by molar-refractivity contribution is -0.135. The maximum Gasteiger partial charge on any atom is 0.337 e. The molecule has 0 saturated carbocycles. The van der Waals surface area contributed by atoms with Gasteiger partial charge in [-0.05, 0) is 49.6 Å². The SMILES string of the molecule is COC(=O)C1=CCCC=C1C1NC1C(=O)c1ccc(OC(C)O)cc1. The molecule has 1 aliphatic carbocycles. The fourth-order valence-corrected chi connectivity index (χ4v) is 3.01. The lowest BCUT2D eigenvalue weighted by atomic mass is 9.92. The number of aliphatic hydroxyl groups excluding tert-OH is 1. The van der Waals surface area contributed by atoms with Gasteiger partial charge in [0.15, 0.2) is 12.1 Å². The highest BCUT2D eigenvalue weighted by atomic mass is 16.6. The van der Waals surface area contributed by atoms with E-state index in [1.807, 2.05) is 12.2 Å². The maximum absolute atomic E-state index is 12.6. The van der Waals surface area contributed by atoms with E-state index in [2.05, 4.69) is 5.32 Å². The van der Waals surface area contributed by atoms with Crippen LogP contribution in [0.1, 0.15) is 30.1 Å². The highest BCUT2D eigenvalue weighted by Gasteiger charge is 2.46. The Kier molecular flexibility index (Phi) is 5.01. The smallest absolute Gasteiger partial charge is 0.337 e. The van der Waals surface area contributed by atoms with Crippen LogP contribution in [0.2, 0.25) is 0 Å². The number of carbonyl (C=O) groups excluding carboxylic acids is 2. The molecule has 2 aliphatic rings. The standard InChI is InChI=1S/C19H21NO5/c1-11(21)25-13-9-7-12(8-10-13)18(22)17-16(20-17)14-5-3-4-6-15(14)19(23)24-2/h5-11,16-17,20-21H,3-4H2,1-2H3. The average molecular weight is 343 g/mol. The maximum atomic E-state index is 12.6. The van der Waals surface area contributed by atoms with Crippen LogP contribution in [0.5, 0.6) is 5.75 Å². The second kappa shape index (κ2) is 7.21. The number of ether oxygens (including phenoxy) is 2. The normalized spacial score (nSPS) is 23.2. The molecule has 1 heterocycles. The first kappa shape index (κ1) is 17.4. The van der Waals surface area contributed by atoms with Crippen molar-refractivity contribution in [2.45, 2.75) is 38.1 Å². The molecule has 132 valence electrons. The minimum atomic E-state index is -0.905. The second-order valence-electron chi connectivity index (χ2n) is 6.07. The number of carbonyl (C=O) groups is 2. The van der Waals surface area contributed by atoms with Gasteiger partial charge in [-0.3, -0.25) is 10.1 Å². The summed E-state index contributed by atoms with van der Waals surface area (Å²) < 4.78 is 9.98. The summed E-state index contributed by atoms with van der Waals surface area (Å²) >= 11 is 0. The van der Waals surface area contributed by atoms with Gasteiger partial charge in [0.1, 0.15) is 5.75 Å². The van der Waals surface area contributed by atoms with Gasteiger partial charge in [0.05, 0.1) is 24.8 Å². The molecule has 1 fully saturated rings. The molecule has 0 radical (unpaired) electrons. The molecule has 1 aromatic carbocycles. The molecule has 3 rings (SSSR count). The van der Waals surface area contributed by atoms with Crippen molar-refractivity contribution in [3.05, 3.63) is 53.1 Å². The van der Waals surface area contributed by atoms with Crippen molar-refractivity contribution in [1.29, 1.82) is 0 Å². The molecular formula is C19H21NO5. The predicted octanol–water partition coefficient (Wildman–Crippen LogP) is 1.75. The number of ketones is 1. The van der Waals surface area contributed by atoms with Crippen LogP contribution in [0.3, 0.4) is 0 Å². The fourth-order valence-electron chi connectivity index (χ4n) is 3.01. The van der Waals surface area contributed by atoms with E-state index in [0.717, 1.165) is 18.4 Å². The van der Waals surface area contributed by atoms with E-state index in [-0.39, 0.29) is 23.8 Å². The Balaban J connectivity index is 1.68. The summed E-state index contributed by atoms with van der Waals surface area (Å²) in [5.41, 5.74) is 1.94. The van der Waals surface area contributed by atoms with Crippen molar-refractivity contribution < 1.29 is 24.2 Å². The average Bonchev–Trinajstić information content (AvgIpc) is 3.41. The summed E-state index contributed by atoms with van der Waals surface area (Å²) in [6, 6.07) is 6.13. The number of aliphatic hydroxyl groups is 1. The molecule has 0 bridgehead atoms. The number of hydrogen-bond acceptors (Lipinski definition) is 6. The van der Waals surface area contributed by atoms with Gasteiger partial charge in [-0.2, -0.15) is 0 Å². The Hall–Kier alpha value is -2.44. The van der Waals surface area contributed by atoms with Crippen LogP contribution < -0.4 is 10.1 Å². The van der Waals surface area contributed by atoms with E-state index in [0.29, 0.717) is 16.9 Å². The van der Waals surface area contributed by atoms with Gasteiger partial charge in [-0.1, -0.05) is 12.2 Å². The molecule has 6 heteroatoms. The van der Waals surface area contributed by atoms with Crippen molar-refractivity contribution in [2.24, 2.45) is 0 Å². The number of allylic oxidation sites excluding steroid dienone is 2. The number of Topliss-reactive ketones (excluding diaryl/α,β-unsaturated/α-hetero) is 1. The third kappa shape index (κ3) is 3.81. The van der Waals surface area contributed by atoms with Crippen LogP contribution >= 0.6 is 0 Å². The Morgan fingerprint density at radius 3 is 2.52 bits per heavy atom. The zero-order valence-corrected chi connectivity index (χ0v) is 14.2. The van der Waals surface area contributed by atoms with Crippen LogP contribution in [-0.2, 0) is 9.53 Å². The largest absolute Gasteiger partial charge is 0.465 e. The van der Waals surface area contributed by atoms with Crippen molar-refractivity contribution in [1.82, 2.24) is 5.32 Å². The molecule has 1 aromatic rings. The molecule has 1 saturated heterocycles. The summed E-state index contributed by atoms with van der Waals surface area (Å²) in [4.78, 5) is 24.5. The number of nitrogens with one attached hydrogen (secondary N) is 1. The molecule has 25 heavy (non-hydrogen) atoms. The summed E-state index contributed by atoms with van der Waals surface area (Å²) in [6.07, 6.45) is 4.60. The minimum absolute atomic E-state index is 0.0377. The van der Waals surface area contributed by atoms with Gasteiger partial charge in [-0.25, -0.2) is 4.79 Å². The molecule has 6 nitrogen and oxygen atoms in total. The first-order valence-corrected chi connectivity index (χ1v) is 8.25. The molecular weight excluding hydrogens is 322 g/mol. The van der Waals surface area contributed by atoms with Crippen LogP contribution in [0.15, 0.2) is 47.6 Å². The Bertz CT molecular complexity index is 733. The lowest BCUT2D eigenvalue weighted by Gasteiger charge is -2.13. The number of benzene rings is 1. The van der Waals surface area contributed by atoms with E-state index in [4.69, 9.17) is 9.47 Å². The summed E-state index contributed by atoms with van der Waals surface area (Å²) in [5.74, 6) is 0.0903. The van der Waals surface area contributed by atoms with Crippen molar-refractivity contribution in [3.8, 4) is 5.75 Å². The molecule has 3 atom stereocenters. The summed E-state index contributed by atoms with van der Waals surface area (Å²) in [7, 11) is 1.36. The van der Waals surface area contributed by atoms with Crippen LogP contribution in [0.4, 0.5) is 0 Å². The Morgan fingerprint density at radius 2 is 1.88 bits per heavy atom. The number of hydrogen-bond donors (Lipinski definition) is 2. The number of methoxy groups -OCH3 is 1. The first-order chi connectivity index (χ1) is 12.0. The molecule has 0 spiro atoms. The fraction of sp³-hybridized carbons (Fsp3) is 0.368. The van der Waals surface area contributed by atoms with E-state index in [9.17, 15) is 14.7 Å². The minimum Gasteiger partial charge on any atom is -0.465 e. The number of rotatable bonds is 6. The van der Waals surface area contributed by atoms with Gasteiger partial charge >= 0.3 is 5.97 Å². The quantitative estimate of drug-likeness (QED) is 0.354. The van der Waals surface area contributed by atoms with Gasteiger partial charge < -0.3 is 14.6 Å². The third-order valence-electron chi connectivity index (χ3n) is 4.24. The van der Waals surface area contributed by atoms with E-state index in [1.54, 1.807) is 24.3 Å². The molecule has 2 N–H and O–H groups in total. The highest BCUT2D eigenvalue weighted by molar-refractivity contribution is 6.04. The zero-order valence-electron chi connectivity index (χ0n) is 14.2. The van der Waals surface area contributed by atoms with Crippen molar-refractivity contribution in [2.75, 3.05) is 7.11 Å². The van der Waals surface area contributed by atoms with E-state index >= 15 is 0 Å². The van der Waals surface area contributed by atoms with Gasteiger partial charge in [0.25, 0.3) is 0 Å². The van der Waals surface area contributed by atoms with Crippen LogP contribution in [0, 0.1) is 0 Å². The predicted molar refractivity (Wildman–Crippen MR) is 91.2 cm³/mol. The first-order valence-electron chi connectivity index (χ1n) is 8.25. The summed E-state index contributed by atoms with van der Waals surface area (Å²) in [5, 5.41) is 12.4. The Morgan fingerprint density at radius 1 is 1.20 bits per heavy atom. The molecule has 0 amide bonds. The summed E-state index contributed by atoms with van der Waals surface area (Å²) in [6.45, 7) is 1.52. The molecule has 3 unspecified atom stereocenters. The third-order valence-corrected chi connectivity index (χ3v) is 4.24. The molecule has 0 aromatic heterocycles. The van der Waals surface area contributed by atoms with Crippen LogP contribution in [-0.4, -0.2) is 42.3 Å². The Labute approximate surface area is 146 Å². The second-order valence-corrected chi connectivity index (χ2v) is 6.07. The van der Waals surface area contributed by atoms with E-state index < -0.39 is 6.29 Å². The van der Waals surface area contributed by atoms with Crippen molar-refractivity contribution >= 4 is 11.8 Å². The topological polar surface area (TPSA) is 94.8 Å². The van der Waals surface area contributed by atoms with E-state index in [1.165, 1.54) is 14.0 Å². The lowest BCUT2D eigenvalue weighted by Crippen LogP contribution is -2.17. The van der Waals surface area contributed by atoms with Crippen molar-refractivity contribution in [3.63, 3.8) is 0 Å².